The van der Waals surface area contributed by atoms with Crippen molar-refractivity contribution < 1.29 is 14.3 Å². The molecule has 0 aliphatic carbocycles. The number of hydrogen-bond donors (Lipinski definition) is 1. The van der Waals surface area contributed by atoms with E-state index in [1.165, 1.54) is 16.2 Å². The molecule has 176 valence electrons. The van der Waals surface area contributed by atoms with Gasteiger partial charge in [0.1, 0.15) is 5.75 Å². The summed E-state index contributed by atoms with van der Waals surface area (Å²) < 4.78 is 5.37. The van der Waals surface area contributed by atoms with Gasteiger partial charge < -0.3 is 9.72 Å². The van der Waals surface area contributed by atoms with Crippen molar-refractivity contribution in [2.24, 2.45) is 0 Å². The van der Waals surface area contributed by atoms with Crippen LogP contribution < -0.4 is 9.64 Å². The highest BCUT2D eigenvalue weighted by Gasteiger charge is 2.29. The highest BCUT2D eigenvalue weighted by atomic mass is 35.5. The van der Waals surface area contributed by atoms with Crippen LogP contribution in [0.2, 0.25) is 5.02 Å². The first kappa shape index (κ1) is 23.3. The van der Waals surface area contributed by atoms with Gasteiger partial charge in [-0.15, -0.1) is 22.7 Å². The molecule has 2 amide bonds. The van der Waals surface area contributed by atoms with Gasteiger partial charge in [0.05, 0.1) is 24.1 Å². The summed E-state index contributed by atoms with van der Waals surface area (Å²) in [7, 11) is 1.60. The van der Waals surface area contributed by atoms with Crippen molar-refractivity contribution in [3.8, 4) is 16.3 Å². The Hall–Kier alpha value is -3.46. The summed E-state index contributed by atoms with van der Waals surface area (Å²) in [6.45, 7) is 1.92. The lowest BCUT2D eigenvalue weighted by molar-refractivity contribution is -0.117. The zero-order valence-electron chi connectivity index (χ0n) is 18.9. The van der Waals surface area contributed by atoms with Crippen molar-refractivity contribution in [3.63, 3.8) is 0 Å². The number of rotatable bonds is 6. The van der Waals surface area contributed by atoms with E-state index in [1.54, 1.807) is 42.7 Å². The van der Waals surface area contributed by atoms with E-state index in [-0.39, 0.29) is 12.3 Å². The third-order valence-corrected chi connectivity index (χ3v) is 7.63. The number of nitrogens with zero attached hydrogens (tertiary/aromatic N) is 2. The fourth-order valence-corrected chi connectivity index (χ4v) is 5.60. The average Bonchev–Trinajstić information content (AvgIpc) is 3.61. The number of nitrogens with one attached hydrogen (secondary N) is 1. The molecule has 3 aromatic heterocycles. The molecule has 3 heterocycles. The Morgan fingerprint density at radius 1 is 1.11 bits per heavy atom. The number of methoxy groups -OCH3 is 1. The standard InChI is InChI=1S/C26H20ClN3O3S2/c1-15-19(20-12-18(33-2)9-10-21(20)28-15)13-24(31)30(25(32)16-5-7-17(27)8-6-16)26-29-22(14-35-26)23-4-3-11-34-23/h3-12,14,28H,13H2,1-2H3. The van der Waals surface area contributed by atoms with Crippen LogP contribution in [0.4, 0.5) is 5.13 Å². The third kappa shape index (κ3) is 4.60. The van der Waals surface area contributed by atoms with Crippen LogP contribution in [0.15, 0.2) is 65.4 Å². The topological polar surface area (TPSA) is 75.3 Å². The van der Waals surface area contributed by atoms with Crippen molar-refractivity contribution in [2.45, 2.75) is 13.3 Å². The highest BCUT2D eigenvalue weighted by molar-refractivity contribution is 7.16. The second-order valence-corrected chi connectivity index (χ2v) is 10.1. The fourth-order valence-electron chi connectivity index (χ4n) is 3.88. The normalized spacial score (nSPS) is 11.1. The van der Waals surface area contributed by atoms with Gasteiger partial charge in [0, 0.05) is 32.6 Å². The second-order valence-electron chi connectivity index (χ2n) is 7.85. The van der Waals surface area contributed by atoms with Crippen molar-refractivity contribution >= 4 is 62.1 Å². The number of H-pyrrole nitrogens is 1. The molecule has 0 saturated heterocycles. The SMILES string of the molecule is COc1ccc2[nH]c(C)c(CC(=O)N(C(=O)c3ccc(Cl)cc3)c3nc(-c4cccs4)cs3)c2c1. The minimum absolute atomic E-state index is 0.0201. The number of carbonyl (C=O) groups excluding carboxylic acids is 2. The lowest BCUT2D eigenvalue weighted by Gasteiger charge is -2.18. The third-order valence-electron chi connectivity index (χ3n) is 5.66. The van der Waals surface area contributed by atoms with E-state index in [1.807, 2.05) is 48.0 Å². The predicted octanol–water partition coefficient (Wildman–Crippen LogP) is 6.74. The number of thiazole rings is 1. The van der Waals surface area contributed by atoms with Crippen LogP contribution in [0.3, 0.4) is 0 Å². The van der Waals surface area contributed by atoms with E-state index in [2.05, 4.69) is 9.97 Å². The molecule has 0 aliphatic rings. The van der Waals surface area contributed by atoms with Gasteiger partial charge in [0.15, 0.2) is 5.13 Å². The number of imide groups is 1. The Balaban J connectivity index is 1.54. The number of ether oxygens (including phenoxy) is 1. The molecule has 0 bridgehead atoms. The Bertz CT molecular complexity index is 1520. The molecule has 0 saturated carbocycles. The number of fused-ring (bicyclic) bond motifs is 1. The molecule has 0 unspecified atom stereocenters. The van der Waals surface area contributed by atoms with Gasteiger partial charge in [-0.05, 0) is 66.4 Å². The number of aromatic nitrogens is 2. The molecule has 6 nitrogen and oxygen atoms in total. The van der Waals surface area contributed by atoms with Crippen molar-refractivity contribution in [1.82, 2.24) is 9.97 Å². The van der Waals surface area contributed by atoms with E-state index in [4.69, 9.17) is 16.3 Å². The number of hydrogen-bond acceptors (Lipinski definition) is 6. The van der Waals surface area contributed by atoms with Crippen molar-refractivity contribution in [2.75, 3.05) is 12.0 Å². The molecule has 5 aromatic rings. The lowest BCUT2D eigenvalue weighted by atomic mass is 10.1. The number of anilines is 1. The van der Waals surface area contributed by atoms with Crippen LogP contribution in [0, 0.1) is 6.92 Å². The molecular weight excluding hydrogens is 502 g/mol. The van der Waals surface area contributed by atoms with Crippen molar-refractivity contribution in [1.29, 1.82) is 0 Å². The van der Waals surface area contributed by atoms with Crippen molar-refractivity contribution in [3.05, 3.63) is 87.2 Å². The summed E-state index contributed by atoms with van der Waals surface area (Å²) in [4.78, 5) is 37.4. The number of aryl methyl sites for hydroxylation is 1. The zero-order chi connectivity index (χ0) is 24.5. The van der Waals surface area contributed by atoms with E-state index >= 15 is 0 Å². The molecular formula is C26H20ClN3O3S2. The predicted molar refractivity (Wildman–Crippen MR) is 142 cm³/mol. The first-order valence-corrected chi connectivity index (χ1v) is 12.9. The number of amides is 2. The maximum Gasteiger partial charge on any atom is 0.266 e. The number of thiophene rings is 1. The van der Waals surface area contributed by atoms with Gasteiger partial charge in [-0.25, -0.2) is 9.88 Å². The Kier molecular flexibility index (Phi) is 6.42. The monoisotopic (exact) mass is 521 g/mol. The molecule has 0 spiro atoms. The van der Waals surface area contributed by atoms with E-state index < -0.39 is 5.91 Å². The summed E-state index contributed by atoms with van der Waals surface area (Å²) in [6, 6.07) is 16.1. The molecule has 35 heavy (non-hydrogen) atoms. The second kappa shape index (κ2) is 9.65. The molecule has 1 N–H and O–H groups in total. The van der Waals surface area contributed by atoms with E-state index in [0.29, 0.717) is 21.5 Å². The number of halogens is 1. The minimum atomic E-state index is -0.450. The zero-order valence-corrected chi connectivity index (χ0v) is 21.3. The maximum atomic E-state index is 13.7. The molecule has 2 aromatic carbocycles. The fraction of sp³-hybridized carbons (Fsp3) is 0.115. The first-order chi connectivity index (χ1) is 16.9. The smallest absolute Gasteiger partial charge is 0.266 e. The van der Waals surface area contributed by atoms with Crippen LogP contribution in [-0.4, -0.2) is 28.9 Å². The van der Waals surface area contributed by atoms with Gasteiger partial charge >= 0.3 is 0 Å². The Morgan fingerprint density at radius 3 is 2.63 bits per heavy atom. The molecule has 0 radical (unpaired) electrons. The Morgan fingerprint density at radius 2 is 1.91 bits per heavy atom. The molecule has 9 heteroatoms. The lowest BCUT2D eigenvalue weighted by Crippen LogP contribution is -2.38. The Labute approximate surface area is 214 Å². The number of benzene rings is 2. The van der Waals surface area contributed by atoms with Crippen LogP contribution in [0.25, 0.3) is 21.5 Å². The van der Waals surface area contributed by atoms with Crippen LogP contribution in [-0.2, 0) is 11.2 Å². The highest BCUT2D eigenvalue weighted by Crippen LogP contribution is 2.33. The van der Waals surface area contributed by atoms with Gasteiger partial charge in [0.25, 0.3) is 5.91 Å². The summed E-state index contributed by atoms with van der Waals surface area (Å²) in [5, 5.41) is 5.54. The summed E-state index contributed by atoms with van der Waals surface area (Å²) in [5.74, 6) is -0.127. The first-order valence-electron chi connectivity index (χ1n) is 10.7. The van der Waals surface area contributed by atoms with E-state index in [9.17, 15) is 9.59 Å². The summed E-state index contributed by atoms with van der Waals surface area (Å²) in [6.07, 6.45) is 0.0201. The molecule has 0 atom stereocenters. The molecule has 5 rings (SSSR count). The minimum Gasteiger partial charge on any atom is -0.497 e. The van der Waals surface area contributed by atoms with Gasteiger partial charge in [0.2, 0.25) is 5.91 Å². The van der Waals surface area contributed by atoms with Crippen LogP contribution in [0.5, 0.6) is 5.75 Å². The largest absolute Gasteiger partial charge is 0.497 e. The number of aromatic amines is 1. The molecule has 0 aliphatic heterocycles. The van der Waals surface area contributed by atoms with Crippen LogP contribution >= 0.6 is 34.3 Å². The average molecular weight is 522 g/mol. The maximum absolute atomic E-state index is 13.7. The van der Waals surface area contributed by atoms with E-state index in [0.717, 1.165) is 32.7 Å². The van der Waals surface area contributed by atoms with Gasteiger partial charge in [-0.3, -0.25) is 9.59 Å². The summed E-state index contributed by atoms with van der Waals surface area (Å²) in [5.41, 5.74) is 3.66. The quantitative estimate of drug-likeness (QED) is 0.268. The summed E-state index contributed by atoms with van der Waals surface area (Å²) >= 11 is 8.83. The number of carbonyl (C=O) groups is 2. The van der Waals surface area contributed by atoms with Gasteiger partial charge in [-0.1, -0.05) is 17.7 Å². The van der Waals surface area contributed by atoms with Crippen LogP contribution in [0.1, 0.15) is 21.6 Å². The van der Waals surface area contributed by atoms with Gasteiger partial charge in [-0.2, -0.15) is 0 Å². The molecule has 0 fully saturated rings.